The third kappa shape index (κ3) is 1.65. The molecule has 2 heterocycles. The molecule has 5 heteroatoms. The van der Waals surface area contributed by atoms with Gasteiger partial charge in [0.1, 0.15) is 0 Å². The predicted octanol–water partition coefficient (Wildman–Crippen LogP) is 2.82. The second-order valence-corrected chi connectivity index (χ2v) is 6.40. The Morgan fingerprint density at radius 3 is 3.06 bits per heavy atom. The Labute approximate surface area is 109 Å². The fraction of sp³-hybridized carbons (Fsp3) is 0.538. The van der Waals surface area contributed by atoms with Crippen molar-refractivity contribution in [2.24, 2.45) is 5.92 Å². The van der Waals surface area contributed by atoms with Crippen molar-refractivity contribution < 1.29 is 4.52 Å². The summed E-state index contributed by atoms with van der Waals surface area (Å²) < 4.78 is 5.41. The van der Waals surface area contributed by atoms with Crippen LogP contribution < -0.4 is 5.73 Å². The third-order valence-electron chi connectivity index (χ3n) is 3.80. The van der Waals surface area contributed by atoms with Gasteiger partial charge in [-0.25, -0.2) is 0 Å². The molecule has 4 rings (SSSR count). The predicted molar refractivity (Wildman–Crippen MR) is 70.5 cm³/mol. The number of rotatable bonds is 3. The highest BCUT2D eigenvalue weighted by molar-refractivity contribution is 7.16. The Bertz CT molecular complexity index is 597. The highest BCUT2D eigenvalue weighted by atomic mass is 32.1. The highest BCUT2D eigenvalue weighted by Crippen LogP contribution is 2.43. The molecule has 0 bridgehead atoms. The molecule has 1 fully saturated rings. The molecule has 2 aromatic rings. The van der Waals surface area contributed by atoms with Gasteiger partial charge in [0.15, 0.2) is 5.82 Å². The maximum absolute atomic E-state index is 6.10. The van der Waals surface area contributed by atoms with Gasteiger partial charge in [-0.15, -0.1) is 11.3 Å². The van der Waals surface area contributed by atoms with E-state index in [0.717, 1.165) is 41.6 Å². The first-order valence-electron chi connectivity index (χ1n) is 6.54. The summed E-state index contributed by atoms with van der Waals surface area (Å²) in [6, 6.07) is 0. The quantitative estimate of drug-likeness (QED) is 0.922. The summed E-state index contributed by atoms with van der Waals surface area (Å²) in [6.45, 7) is 0. The summed E-state index contributed by atoms with van der Waals surface area (Å²) in [4.78, 5) is 5.93. The van der Waals surface area contributed by atoms with Gasteiger partial charge in [-0.2, -0.15) is 4.98 Å². The number of nitrogens with two attached hydrogens (primary N) is 1. The van der Waals surface area contributed by atoms with Crippen LogP contribution in [-0.4, -0.2) is 10.1 Å². The third-order valence-corrected chi connectivity index (χ3v) is 4.92. The summed E-state index contributed by atoms with van der Waals surface area (Å²) in [5.41, 5.74) is 8.46. The number of nitrogen functional groups attached to an aromatic ring is 1. The van der Waals surface area contributed by atoms with E-state index in [0.29, 0.717) is 5.89 Å². The first-order valence-corrected chi connectivity index (χ1v) is 7.36. The molecule has 0 saturated heterocycles. The Morgan fingerprint density at radius 2 is 2.22 bits per heavy atom. The van der Waals surface area contributed by atoms with Crippen molar-refractivity contribution >= 4 is 16.3 Å². The number of thiophene rings is 1. The summed E-state index contributed by atoms with van der Waals surface area (Å²) in [5.74, 6) is 2.24. The lowest BCUT2D eigenvalue weighted by Crippen LogP contribution is -1.91. The second kappa shape index (κ2) is 3.82. The lowest BCUT2D eigenvalue weighted by atomic mass is 10.1. The molecule has 2 aromatic heterocycles. The molecule has 18 heavy (non-hydrogen) atoms. The second-order valence-electron chi connectivity index (χ2n) is 5.26. The molecule has 94 valence electrons. The van der Waals surface area contributed by atoms with Gasteiger partial charge in [0, 0.05) is 11.3 Å². The van der Waals surface area contributed by atoms with Crippen LogP contribution in [0, 0.1) is 5.92 Å². The van der Waals surface area contributed by atoms with Crippen LogP contribution in [0.1, 0.15) is 35.5 Å². The molecule has 4 nitrogen and oxygen atoms in total. The van der Waals surface area contributed by atoms with E-state index in [1.807, 2.05) is 0 Å². The zero-order valence-electron chi connectivity index (χ0n) is 10.1. The van der Waals surface area contributed by atoms with E-state index in [9.17, 15) is 0 Å². The summed E-state index contributed by atoms with van der Waals surface area (Å²) in [6.07, 6.45) is 7.03. The van der Waals surface area contributed by atoms with Crippen molar-refractivity contribution in [3.05, 3.63) is 16.3 Å². The standard InChI is InChI=1S/C13H15N3OS/c14-12-11(8-2-1-3-9(8)18-12)13-15-10(16-17-13)6-7-4-5-7/h7H,1-6,14H2. The maximum atomic E-state index is 6.10. The van der Waals surface area contributed by atoms with E-state index in [4.69, 9.17) is 10.3 Å². The lowest BCUT2D eigenvalue weighted by Gasteiger charge is -1.96. The largest absolute Gasteiger partial charge is 0.390 e. The van der Waals surface area contributed by atoms with Crippen LogP contribution in [0.3, 0.4) is 0 Å². The van der Waals surface area contributed by atoms with Crippen LogP contribution in [0.2, 0.25) is 0 Å². The van der Waals surface area contributed by atoms with Crippen LogP contribution in [-0.2, 0) is 19.3 Å². The van der Waals surface area contributed by atoms with E-state index in [2.05, 4.69) is 10.1 Å². The van der Waals surface area contributed by atoms with Gasteiger partial charge < -0.3 is 10.3 Å². The van der Waals surface area contributed by atoms with Gasteiger partial charge in [-0.1, -0.05) is 5.16 Å². The van der Waals surface area contributed by atoms with Gasteiger partial charge in [-0.05, 0) is 43.6 Å². The minimum absolute atomic E-state index is 0.627. The molecule has 0 amide bonds. The average molecular weight is 261 g/mol. The SMILES string of the molecule is Nc1sc2c(c1-c1nc(CC3CC3)no1)CCC2. The zero-order chi connectivity index (χ0) is 12.1. The summed E-state index contributed by atoms with van der Waals surface area (Å²) in [7, 11) is 0. The normalized spacial score (nSPS) is 18.2. The molecule has 2 N–H and O–H groups in total. The first-order chi connectivity index (χ1) is 8.81. The smallest absolute Gasteiger partial charge is 0.261 e. The molecular formula is C13H15N3OS. The van der Waals surface area contributed by atoms with Crippen molar-refractivity contribution in [3.8, 4) is 11.5 Å². The number of anilines is 1. The number of nitrogens with zero attached hydrogens (tertiary/aromatic N) is 2. The lowest BCUT2D eigenvalue weighted by molar-refractivity contribution is 0.421. The van der Waals surface area contributed by atoms with Crippen molar-refractivity contribution in [2.75, 3.05) is 5.73 Å². The van der Waals surface area contributed by atoms with Crippen molar-refractivity contribution in [1.82, 2.24) is 10.1 Å². The molecule has 0 spiro atoms. The molecule has 0 aliphatic heterocycles. The number of fused-ring (bicyclic) bond motifs is 1. The molecule has 0 radical (unpaired) electrons. The minimum Gasteiger partial charge on any atom is -0.390 e. The van der Waals surface area contributed by atoms with Crippen LogP contribution >= 0.6 is 11.3 Å². The average Bonchev–Trinajstić information content (AvgIpc) is 2.72. The maximum Gasteiger partial charge on any atom is 0.261 e. The summed E-state index contributed by atoms with van der Waals surface area (Å²) in [5, 5.41) is 4.92. The van der Waals surface area contributed by atoms with E-state index >= 15 is 0 Å². The van der Waals surface area contributed by atoms with Gasteiger partial charge in [0.05, 0.1) is 10.6 Å². The minimum atomic E-state index is 0.627. The Hall–Kier alpha value is -1.36. The molecule has 2 aliphatic rings. The van der Waals surface area contributed by atoms with Crippen molar-refractivity contribution in [1.29, 1.82) is 0 Å². The number of aromatic nitrogens is 2. The van der Waals surface area contributed by atoms with E-state index in [1.165, 1.54) is 29.7 Å². The topological polar surface area (TPSA) is 64.9 Å². The number of hydrogen-bond acceptors (Lipinski definition) is 5. The van der Waals surface area contributed by atoms with E-state index < -0.39 is 0 Å². The van der Waals surface area contributed by atoms with Crippen LogP contribution in [0.25, 0.3) is 11.5 Å². The van der Waals surface area contributed by atoms with E-state index in [1.54, 1.807) is 11.3 Å². The van der Waals surface area contributed by atoms with Crippen molar-refractivity contribution in [3.63, 3.8) is 0 Å². The molecule has 0 aromatic carbocycles. The van der Waals surface area contributed by atoms with Gasteiger partial charge in [-0.3, -0.25) is 0 Å². The van der Waals surface area contributed by atoms with Crippen LogP contribution in [0.15, 0.2) is 4.52 Å². The fourth-order valence-electron chi connectivity index (χ4n) is 2.68. The Balaban J connectivity index is 1.71. The molecular weight excluding hydrogens is 246 g/mol. The molecule has 0 unspecified atom stereocenters. The summed E-state index contributed by atoms with van der Waals surface area (Å²) >= 11 is 1.68. The molecule has 1 saturated carbocycles. The number of aryl methyl sites for hydroxylation is 1. The van der Waals surface area contributed by atoms with E-state index in [-0.39, 0.29) is 0 Å². The Morgan fingerprint density at radius 1 is 1.33 bits per heavy atom. The zero-order valence-corrected chi connectivity index (χ0v) is 10.9. The monoisotopic (exact) mass is 261 g/mol. The van der Waals surface area contributed by atoms with Crippen LogP contribution in [0.5, 0.6) is 0 Å². The van der Waals surface area contributed by atoms with Gasteiger partial charge >= 0.3 is 0 Å². The molecule has 0 atom stereocenters. The van der Waals surface area contributed by atoms with Crippen LogP contribution in [0.4, 0.5) is 5.00 Å². The number of hydrogen-bond donors (Lipinski definition) is 1. The van der Waals surface area contributed by atoms with Gasteiger partial charge in [0.2, 0.25) is 0 Å². The highest BCUT2D eigenvalue weighted by Gasteiger charge is 2.27. The first kappa shape index (κ1) is 10.6. The van der Waals surface area contributed by atoms with Crippen molar-refractivity contribution in [2.45, 2.75) is 38.5 Å². The Kier molecular flexibility index (Phi) is 2.24. The fourth-order valence-corrected chi connectivity index (χ4v) is 3.83. The van der Waals surface area contributed by atoms with Gasteiger partial charge in [0.25, 0.3) is 5.89 Å². The molecule has 2 aliphatic carbocycles.